The maximum Gasteiger partial charge on any atom is 0.120 e. The van der Waals surface area contributed by atoms with Crippen molar-refractivity contribution in [2.75, 3.05) is 7.05 Å². The van der Waals surface area contributed by atoms with Crippen molar-refractivity contribution in [3.63, 3.8) is 0 Å². The minimum absolute atomic E-state index is 0.163. The van der Waals surface area contributed by atoms with E-state index in [4.69, 9.17) is 0 Å². The summed E-state index contributed by atoms with van der Waals surface area (Å²) >= 11 is 0. The van der Waals surface area contributed by atoms with Crippen LogP contribution in [-0.4, -0.2) is 22.6 Å². The zero-order chi connectivity index (χ0) is 12.3. The van der Waals surface area contributed by atoms with Gasteiger partial charge in [0, 0.05) is 17.6 Å². The molecule has 90 valence electrons. The number of nitrogens with zero attached hydrogens (tertiary/aromatic N) is 1. The Hall–Kier alpha value is -1.02. The van der Waals surface area contributed by atoms with E-state index in [1.165, 1.54) is 5.56 Å². The van der Waals surface area contributed by atoms with Crippen LogP contribution in [0.4, 0.5) is 0 Å². The molecule has 1 rings (SSSR count). The van der Waals surface area contributed by atoms with Crippen molar-refractivity contribution < 1.29 is 5.11 Å². The van der Waals surface area contributed by atoms with Crippen LogP contribution in [0.25, 0.3) is 0 Å². The third-order valence-electron chi connectivity index (χ3n) is 3.54. The fraction of sp³-hybridized carbons (Fsp3) is 0.571. The van der Waals surface area contributed by atoms with Gasteiger partial charge in [-0.1, -0.05) is 24.6 Å². The Morgan fingerprint density at radius 2 is 1.94 bits per heavy atom. The summed E-state index contributed by atoms with van der Waals surface area (Å²) in [4.78, 5) is 2.28. The first-order valence-corrected chi connectivity index (χ1v) is 5.86. The molecule has 16 heavy (non-hydrogen) atoms. The number of rotatable bonds is 4. The Bertz CT molecular complexity index is 358. The second kappa shape index (κ2) is 4.88. The van der Waals surface area contributed by atoms with E-state index in [-0.39, 0.29) is 5.54 Å². The molecule has 0 bridgehead atoms. The van der Waals surface area contributed by atoms with Crippen LogP contribution in [0, 0.1) is 6.92 Å². The summed E-state index contributed by atoms with van der Waals surface area (Å²) in [7, 11) is 2.10. The normalized spacial score (nSPS) is 12.1. The Labute approximate surface area is 98.9 Å². The lowest BCUT2D eigenvalue weighted by Gasteiger charge is -2.35. The van der Waals surface area contributed by atoms with Gasteiger partial charge in [-0.05, 0) is 40.3 Å². The molecule has 0 aliphatic rings. The molecule has 0 radical (unpaired) electrons. The van der Waals surface area contributed by atoms with E-state index >= 15 is 0 Å². The van der Waals surface area contributed by atoms with Crippen molar-refractivity contribution in [3.05, 3.63) is 29.3 Å². The highest BCUT2D eigenvalue weighted by Crippen LogP contribution is 2.24. The van der Waals surface area contributed by atoms with Crippen LogP contribution in [-0.2, 0) is 6.54 Å². The first kappa shape index (κ1) is 13.0. The Balaban J connectivity index is 2.84. The van der Waals surface area contributed by atoms with Crippen LogP contribution < -0.4 is 0 Å². The van der Waals surface area contributed by atoms with Crippen molar-refractivity contribution >= 4 is 0 Å². The zero-order valence-electron chi connectivity index (χ0n) is 11.0. The Kier molecular flexibility index (Phi) is 3.98. The van der Waals surface area contributed by atoms with Gasteiger partial charge in [-0.25, -0.2) is 0 Å². The largest absolute Gasteiger partial charge is 0.508 e. The second-order valence-electron chi connectivity index (χ2n) is 5.15. The molecule has 0 spiro atoms. The topological polar surface area (TPSA) is 23.5 Å². The molecule has 0 aliphatic heterocycles. The van der Waals surface area contributed by atoms with Gasteiger partial charge in [-0.2, -0.15) is 0 Å². The molecular formula is C14H23NO. The van der Waals surface area contributed by atoms with E-state index in [9.17, 15) is 5.11 Å². The Morgan fingerprint density at radius 1 is 1.31 bits per heavy atom. The van der Waals surface area contributed by atoms with Crippen LogP contribution in [0.5, 0.6) is 5.75 Å². The maximum atomic E-state index is 9.80. The van der Waals surface area contributed by atoms with Crippen molar-refractivity contribution in [2.24, 2.45) is 0 Å². The van der Waals surface area contributed by atoms with Crippen molar-refractivity contribution in [2.45, 2.75) is 46.2 Å². The number of aromatic hydroxyl groups is 1. The Morgan fingerprint density at radius 3 is 2.50 bits per heavy atom. The van der Waals surface area contributed by atoms with Gasteiger partial charge < -0.3 is 5.11 Å². The summed E-state index contributed by atoms with van der Waals surface area (Å²) in [5.41, 5.74) is 2.36. The lowest BCUT2D eigenvalue weighted by molar-refractivity contribution is 0.142. The minimum atomic E-state index is 0.163. The molecule has 0 aromatic heterocycles. The van der Waals surface area contributed by atoms with E-state index in [0.717, 1.165) is 18.5 Å². The predicted octanol–water partition coefficient (Wildman–Crippen LogP) is 3.32. The number of aryl methyl sites for hydroxylation is 1. The molecule has 2 heteroatoms. The van der Waals surface area contributed by atoms with Crippen molar-refractivity contribution in [1.82, 2.24) is 4.90 Å². The predicted molar refractivity (Wildman–Crippen MR) is 68.7 cm³/mol. The molecule has 1 aromatic carbocycles. The standard InChI is InChI=1S/C14H23NO/c1-6-14(3,4)15(5)10-12-9-11(2)7-8-13(12)16/h7-9,16H,6,10H2,1-5H3. The molecule has 0 amide bonds. The molecule has 0 aliphatic carbocycles. The fourth-order valence-corrected chi connectivity index (χ4v) is 1.58. The average molecular weight is 221 g/mol. The van der Waals surface area contributed by atoms with E-state index in [1.54, 1.807) is 6.07 Å². The summed E-state index contributed by atoms with van der Waals surface area (Å²) in [6, 6.07) is 5.76. The highest BCUT2D eigenvalue weighted by atomic mass is 16.3. The average Bonchev–Trinajstić information content (AvgIpc) is 2.23. The number of hydrogen-bond acceptors (Lipinski definition) is 2. The van der Waals surface area contributed by atoms with Crippen LogP contribution >= 0.6 is 0 Å². The molecule has 0 fully saturated rings. The van der Waals surface area contributed by atoms with Gasteiger partial charge in [-0.15, -0.1) is 0 Å². The number of phenols is 1. The summed E-state index contributed by atoms with van der Waals surface area (Å²) in [6.07, 6.45) is 1.09. The van der Waals surface area contributed by atoms with Crippen LogP contribution in [0.15, 0.2) is 18.2 Å². The van der Waals surface area contributed by atoms with E-state index in [2.05, 4.69) is 38.8 Å². The first-order chi connectivity index (χ1) is 7.36. The summed E-state index contributed by atoms with van der Waals surface area (Å²) in [6.45, 7) is 9.47. The van der Waals surface area contributed by atoms with E-state index in [0.29, 0.717) is 5.75 Å². The monoisotopic (exact) mass is 221 g/mol. The van der Waals surface area contributed by atoms with Gasteiger partial charge in [0.15, 0.2) is 0 Å². The smallest absolute Gasteiger partial charge is 0.120 e. The maximum absolute atomic E-state index is 9.80. The second-order valence-corrected chi connectivity index (χ2v) is 5.15. The SMILES string of the molecule is CCC(C)(C)N(C)Cc1cc(C)ccc1O. The summed E-state index contributed by atoms with van der Waals surface area (Å²) < 4.78 is 0. The molecule has 0 heterocycles. The van der Waals surface area contributed by atoms with Crippen molar-refractivity contribution in [1.29, 1.82) is 0 Å². The summed E-state index contributed by atoms with van der Waals surface area (Å²) in [5.74, 6) is 0.393. The number of benzene rings is 1. The fourth-order valence-electron chi connectivity index (χ4n) is 1.58. The van der Waals surface area contributed by atoms with Gasteiger partial charge in [-0.3, -0.25) is 4.90 Å². The molecule has 0 saturated heterocycles. The van der Waals surface area contributed by atoms with Crippen molar-refractivity contribution in [3.8, 4) is 5.75 Å². The highest BCUT2D eigenvalue weighted by molar-refractivity contribution is 5.35. The third-order valence-corrected chi connectivity index (χ3v) is 3.54. The lowest BCUT2D eigenvalue weighted by Crippen LogP contribution is -2.39. The van der Waals surface area contributed by atoms with Gasteiger partial charge >= 0.3 is 0 Å². The molecule has 0 unspecified atom stereocenters. The van der Waals surface area contributed by atoms with E-state index < -0.39 is 0 Å². The first-order valence-electron chi connectivity index (χ1n) is 5.86. The summed E-state index contributed by atoms with van der Waals surface area (Å²) in [5, 5.41) is 9.80. The zero-order valence-corrected chi connectivity index (χ0v) is 11.0. The quantitative estimate of drug-likeness (QED) is 0.843. The highest BCUT2D eigenvalue weighted by Gasteiger charge is 2.21. The lowest BCUT2D eigenvalue weighted by atomic mass is 9.99. The van der Waals surface area contributed by atoms with Gasteiger partial charge in [0.2, 0.25) is 0 Å². The van der Waals surface area contributed by atoms with Gasteiger partial charge in [0.1, 0.15) is 5.75 Å². The molecule has 1 N–H and O–H groups in total. The molecule has 2 nitrogen and oxygen atoms in total. The van der Waals surface area contributed by atoms with Crippen LogP contribution in [0.1, 0.15) is 38.3 Å². The molecule has 1 aromatic rings. The van der Waals surface area contributed by atoms with Gasteiger partial charge in [0.25, 0.3) is 0 Å². The molecular weight excluding hydrogens is 198 g/mol. The third kappa shape index (κ3) is 2.99. The van der Waals surface area contributed by atoms with Gasteiger partial charge in [0.05, 0.1) is 0 Å². The minimum Gasteiger partial charge on any atom is -0.508 e. The van der Waals surface area contributed by atoms with E-state index in [1.807, 2.05) is 13.0 Å². The number of phenolic OH excluding ortho intramolecular Hbond substituents is 1. The molecule has 0 saturated carbocycles. The van der Waals surface area contributed by atoms with Crippen LogP contribution in [0.3, 0.4) is 0 Å². The number of hydrogen-bond donors (Lipinski definition) is 1. The molecule has 0 atom stereocenters. The van der Waals surface area contributed by atoms with Crippen LogP contribution in [0.2, 0.25) is 0 Å².